The molecule has 4 aromatic rings. The van der Waals surface area contributed by atoms with Gasteiger partial charge in [-0.15, -0.1) is 0 Å². The van der Waals surface area contributed by atoms with Gasteiger partial charge in [0.05, 0.1) is 0 Å². The van der Waals surface area contributed by atoms with Gasteiger partial charge < -0.3 is 0 Å². The minimum Gasteiger partial charge on any atom is -0.0882 e. The van der Waals surface area contributed by atoms with E-state index in [1.54, 1.807) is 0 Å². The van der Waals surface area contributed by atoms with Gasteiger partial charge in [0.1, 0.15) is 0 Å². The molecule has 6 rings (SSSR count). The monoisotopic (exact) mass is 893 g/mol. The molecule has 0 aromatic heterocycles. The van der Waals surface area contributed by atoms with E-state index in [2.05, 4.69) is 200 Å². The minimum absolute atomic E-state index is 0.0736. The summed E-state index contributed by atoms with van der Waals surface area (Å²) in [6.45, 7) is 53.7. The molecule has 2 radical (unpaired) electrons. The summed E-state index contributed by atoms with van der Waals surface area (Å²) in [5.41, 5.74) is 22.3. The molecule has 0 unspecified atom stereocenters. The van der Waals surface area contributed by atoms with E-state index in [9.17, 15) is 0 Å². The van der Waals surface area contributed by atoms with Crippen molar-refractivity contribution in [3.63, 3.8) is 0 Å². The minimum atomic E-state index is -0.140. The Kier molecular flexibility index (Phi) is 14.5. The molecule has 0 nitrogen and oxygen atoms in total. The van der Waals surface area contributed by atoms with Crippen LogP contribution in [0.4, 0.5) is 0 Å². The molecule has 65 heavy (non-hydrogen) atoms. The third-order valence-corrected chi connectivity index (χ3v) is 16.4. The SMILES string of the molecule is Cc1cc(C(C)(C)C)c(-c2c(C(C)(C)C)[c]c(C3CCCCC3)c(C)c2Sc2c(C)c(C3CCCCC3)[c]c(C(C)(C)C)c2-c2c(C(C)(C)C)cc(C)cc2C(C)(C)C)c(C(C)(C)C)c1. The van der Waals surface area contributed by atoms with Crippen LogP contribution in [0, 0.1) is 39.8 Å². The van der Waals surface area contributed by atoms with Crippen molar-refractivity contribution in [3.8, 4) is 22.3 Å². The summed E-state index contributed by atoms with van der Waals surface area (Å²) in [5.74, 6) is 1.07. The van der Waals surface area contributed by atoms with Gasteiger partial charge in [-0.2, -0.15) is 0 Å². The molecule has 2 fully saturated rings. The Hall–Kier alpha value is -2.77. The van der Waals surface area contributed by atoms with Crippen molar-refractivity contribution in [2.45, 2.75) is 271 Å². The standard InChI is InChI=1S/C64H92S/c1-39-33-47(59(5,6)7)53(48(34-39)60(8,9)10)55-51(63(17,18)19)37-45(43-29-25-23-26-30-43)41(3)57(55)65-58-42(4)46(44-31-27-24-28-32-44)38-52(64(20,21)22)56(58)54-49(61(11,12)13)35-40(2)36-50(54)62(14,15)16/h33-36,43-44H,23-32H2,1-22H3. The van der Waals surface area contributed by atoms with E-state index >= 15 is 0 Å². The molecular formula is C64H92S. The van der Waals surface area contributed by atoms with Crippen LogP contribution in [0.25, 0.3) is 22.3 Å². The van der Waals surface area contributed by atoms with Crippen LogP contribution < -0.4 is 0 Å². The average Bonchev–Trinajstić information content (AvgIpc) is 3.17. The maximum absolute atomic E-state index is 4.39. The number of hydrogen-bond donors (Lipinski definition) is 0. The van der Waals surface area contributed by atoms with Gasteiger partial charge in [-0.1, -0.05) is 210 Å². The van der Waals surface area contributed by atoms with E-state index in [-0.39, 0.29) is 32.5 Å². The summed E-state index contributed by atoms with van der Waals surface area (Å²) in [7, 11) is 0. The van der Waals surface area contributed by atoms with Gasteiger partial charge in [0, 0.05) is 20.9 Å². The Morgan fingerprint density at radius 3 is 0.862 bits per heavy atom. The highest BCUT2D eigenvalue weighted by Gasteiger charge is 2.38. The molecule has 2 saturated carbocycles. The second kappa shape index (κ2) is 18.3. The molecular weight excluding hydrogens is 801 g/mol. The molecule has 0 N–H and O–H groups in total. The van der Waals surface area contributed by atoms with Crippen molar-refractivity contribution in [1.29, 1.82) is 0 Å². The highest BCUT2D eigenvalue weighted by Crippen LogP contribution is 2.57. The van der Waals surface area contributed by atoms with E-state index in [1.165, 1.54) is 163 Å². The molecule has 1 heteroatoms. The first-order chi connectivity index (χ1) is 29.7. The van der Waals surface area contributed by atoms with E-state index in [0.29, 0.717) is 11.8 Å². The summed E-state index contributed by atoms with van der Waals surface area (Å²) >= 11 is 2.15. The third-order valence-electron chi connectivity index (χ3n) is 15.0. The first-order valence-corrected chi connectivity index (χ1v) is 26.7. The molecule has 0 bridgehead atoms. The number of aryl methyl sites for hydroxylation is 2. The summed E-state index contributed by atoms with van der Waals surface area (Å²) in [4.78, 5) is 2.92. The quantitative estimate of drug-likeness (QED) is 0.186. The van der Waals surface area contributed by atoms with Gasteiger partial charge in [-0.3, -0.25) is 0 Å². The Morgan fingerprint density at radius 2 is 0.631 bits per heavy atom. The summed E-state index contributed by atoms with van der Waals surface area (Å²) in [6, 6.07) is 18.9. The predicted octanol–water partition coefficient (Wildman–Crippen LogP) is 19.9. The van der Waals surface area contributed by atoms with Crippen molar-refractivity contribution < 1.29 is 0 Å². The van der Waals surface area contributed by atoms with Crippen LogP contribution in [0.15, 0.2) is 34.1 Å². The normalized spacial score (nSPS) is 16.7. The van der Waals surface area contributed by atoms with Crippen LogP contribution in [0.1, 0.15) is 267 Å². The van der Waals surface area contributed by atoms with E-state index in [0.717, 1.165) is 0 Å². The fraction of sp³-hybridized carbons (Fsp3) is 0.625. The lowest BCUT2D eigenvalue weighted by Gasteiger charge is -2.38. The van der Waals surface area contributed by atoms with E-state index in [4.69, 9.17) is 0 Å². The lowest BCUT2D eigenvalue weighted by atomic mass is 9.69. The van der Waals surface area contributed by atoms with Crippen LogP contribution in [-0.4, -0.2) is 0 Å². The first-order valence-electron chi connectivity index (χ1n) is 25.9. The van der Waals surface area contributed by atoms with Gasteiger partial charge in [0.25, 0.3) is 0 Å². The topological polar surface area (TPSA) is 0 Å². The average molecular weight is 894 g/mol. The smallest absolute Gasteiger partial charge is 0.0236 e. The lowest BCUT2D eigenvalue weighted by Crippen LogP contribution is -2.24. The zero-order chi connectivity index (χ0) is 48.6. The molecule has 0 spiro atoms. The summed E-state index contributed by atoms with van der Waals surface area (Å²) < 4.78 is 0. The molecule has 0 aliphatic heterocycles. The lowest BCUT2D eigenvalue weighted by molar-refractivity contribution is 0.440. The highest BCUT2D eigenvalue weighted by molar-refractivity contribution is 7.99. The molecule has 2 aliphatic carbocycles. The second-order valence-electron chi connectivity index (χ2n) is 27.2. The van der Waals surface area contributed by atoms with Crippen molar-refractivity contribution >= 4 is 11.8 Å². The van der Waals surface area contributed by atoms with Gasteiger partial charge in [0.2, 0.25) is 0 Å². The Morgan fingerprint density at radius 1 is 0.369 bits per heavy atom. The van der Waals surface area contributed by atoms with Crippen molar-refractivity contribution in [2.75, 3.05) is 0 Å². The number of hydrogen-bond acceptors (Lipinski definition) is 1. The van der Waals surface area contributed by atoms with Gasteiger partial charge in [-0.05, 0) is 177 Å². The van der Waals surface area contributed by atoms with Crippen molar-refractivity contribution in [1.82, 2.24) is 0 Å². The number of benzene rings is 4. The van der Waals surface area contributed by atoms with Crippen LogP contribution >= 0.6 is 11.8 Å². The molecule has 354 valence electrons. The molecule has 0 heterocycles. The van der Waals surface area contributed by atoms with Crippen molar-refractivity contribution in [2.24, 2.45) is 0 Å². The molecule has 2 aliphatic rings. The Bertz CT molecular complexity index is 2140. The summed E-state index contributed by atoms with van der Waals surface area (Å²) in [5, 5.41) is 0. The van der Waals surface area contributed by atoms with Crippen LogP contribution in [0.3, 0.4) is 0 Å². The molecule has 0 saturated heterocycles. The van der Waals surface area contributed by atoms with Crippen LogP contribution in [-0.2, 0) is 32.5 Å². The van der Waals surface area contributed by atoms with E-state index in [1.807, 2.05) is 0 Å². The second-order valence-corrected chi connectivity index (χ2v) is 28.2. The van der Waals surface area contributed by atoms with Crippen molar-refractivity contribution in [3.05, 3.63) is 103 Å². The fourth-order valence-electron chi connectivity index (χ4n) is 11.5. The van der Waals surface area contributed by atoms with E-state index < -0.39 is 0 Å². The molecule has 0 amide bonds. The number of rotatable bonds is 6. The highest BCUT2D eigenvalue weighted by atomic mass is 32.2. The van der Waals surface area contributed by atoms with Gasteiger partial charge >= 0.3 is 0 Å². The van der Waals surface area contributed by atoms with Gasteiger partial charge in [0.15, 0.2) is 0 Å². The van der Waals surface area contributed by atoms with Crippen LogP contribution in [0.2, 0.25) is 0 Å². The Labute approximate surface area is 405 Å². The molecule has 4 aromatic carbocycles. The fourth-order valence-corrected chi connectivity index (χ4v) is 12.8. The zero-order valence-corrected chi connectivity index (χ0v) is 46.8. The first kappa shape index (κ1) is 51.6. The molecule has 0 atom stereocenters. The van der Waals surface area contributed by atoms with Crippen LogP contribution in [0.5, 0.6) is 0 Å². The zero-order valence-electron chi connectivity index (χ0n) is 45.9. The summed E-state index contributed by atoms with van der Waals surface area (Å²) in [6.07, 6.45) is 13.0. The third kappa shape index (κ3) is 10.8. The van der Waals surface area contributed by atoms with Gasteiger partial charge in [-0.25, -0.2) is 0 Å². The maximum atomic E-state index is 4.39. The Balaban J connectivity index is 1.94. The largest absolute Gasteiger partial charge is 0.0882 e. The maximum Gasteiger partial charge on any atom is 0.0236 e. The predicted molar refractivity (Wildman–Crippen MR) is 288 cm³/mol.